The van der Waals surface area contributed by atoms with Crippen LogP contribution in [0.25, 0.3) is 0 Å². The summed E-state index contributed by atoms with van der Waals surface area (Å²) in [5.41, 5.74) is -0.404. The molecule has 0 bridgehead atoms. The van der Waals surface area contributed by atoms with Crippen LogP contribution in [-0.4, -0.2) is 25.8 Å². The Kier molecular flexibility index (Phi) is 6.44. The molecule has 2 atom stereocenters. The number of rotatable bonds is 8. The first-order valence-electron chi connectivity index (χ1n) is 7.79. The van der Waals surface area contributed by atoms with Crippen molar-refractivity contribution in [1.29, 1.82) is 5.26 Å². The van der Waals surface area contributed by atoms with Crippen molar-refractivity contribution in [3.63, 3.8) is 0 Å². The Hall–Kier alpha value is -0.630. The molecule has 0 spiro atoms. The van der Waals surface area contributed by atoms with Gasteiger partial charge in [0, 0.05) is 26.2 Å². The van der Waals surface area contributed by atoms with E-state index in [4.69, 9.17) is 14.2 Å². The van der Waals surface area contributed by atoms with Crippen LogP contribution >= 0.6 is 0 Å². The molecule has 1 rings (SSSR count). The second kappa shape index (κ2) is 7.40. The first-order valence-corrected chi connectivity index (χ1v) is 7.79. The fourth-order valence-corrected chi connectivity index (χ4v) is 3.35. The van der Waals surface area contributed by atoms with Gasteiger partial charge in [-0.05, 0) is 45.4 Å². The molecule has 1 aliphatic rings. The molecule has 4 nitrogen and oxygen atoms in total. The summed E-state index contributed by atoms with van der Waals surface area (Å²) in [4.78, 5) is 0. The summed E-state index contributed by atoms with van der Waals surface area (Å²) in [6, 6.07) is 2.53. The van der Waals surface area contributed by atoms with Gasteiger partial charge in [0.25, 0.3) is 5.97 Å². The van der Waals surface area contributed by atoms with Crippen molar-refractivity contribution in [3.8, 4) is 6.07 Å². The average molecular weight is 283 g/mol. The van der Waals surface area contributed by atoms with Gasteiger partial charge in [0.15, 0.2) is 0 Å². The molecular formula is C16H29NO3. The number of ether oxygens (including phenoxy) is 3. The molecule has 1 fully saturated rings. The normalized spacial score (nSPS) is 30.4. The summed E-state index contributed by atoms with van der Waals surface area (Å²) in [7, 11) is 0. The molecule has 0 aromatic rings. The lowest BCUT2D eigenvalue weighted by molar-refractivity contribution is -0.386. The lowest BCUT2D eigenvalue weighted by atomic mass is 9.82. The van der Waals surface area contributed by atoms with Crippen LogP contribution < -0.4 is 0 Å². The standard InChI is InChI=1S/C16H29NO3/c1-6-18-16(19-7-2,20-8-3)11-15(12-17)9-13(4)14(5)10-15/h13-14H,6-11H2,1-5H3. The largest absolute Gasteiger partial charge is 0.328 e. The second-order valence-electron chi connectivity index (χ2n) is 5.91. The highest BCUT2D eigenvalue weighted by atomic mass is 16.9. The molecule has 116 valence electrons. The van der Waals surface area contributed by atoms with Crippen molar-refractivity contribution >= 4 is 0 Å². The van der Waals surface area contributed by atoms with Gasteiger partial charge in [-0.25, -0.2) is 0 Å². The van der Waals surface area contributed by atoms with Crippen LogP contribution in [0, 0.1) is 28.6 Å². The van der Waals surface area contributed by atoms with E-state index in [0.29, 0.717) is 38.1 Å². The highest BCUT2D eigenvalue weighted by molar-refractivity contribution is 5.06. The van der Waals surface area contributed by atoms with E-state index in [1.165, 1.54) is 0 Å². The van der Waals surface area contributed by atoms with Gasteiger partial charge in [-0.2, -0.15) is 5.26 Å². The molecule has 0 saturated heterocycles. The third-order valence-electron chi connectivity index (χ3n) is 4.28. The van der Waals surface area contributed by atoms with Crippen LogP contribution in [-0.2, 0) is 14.2 Å². The van der Waals surface area contributed by atoms with Crippen molar-refractivity contribution in [3.05, 3.63) is 0 Å². The molecular weight excluding hydrogens is 254 g/mol. The van der Waals surface area contributed by atoms with E-state index in [-0.39, 0.29) is 0 Å². The number of nitriles is 1. The molecule has 0 N–H and O–H groups in total. The molecule has 0 heterocycles. The zero-order valence-corrected chi connectivity index (χ0v) is 13.6. The van der Waals surface area contributed by atoms with E-state index in [1.807, 2.05) is 20.8 Å². The third kappa shape index (κ3) is 3.94. The minimum atomic E-state index is -1.07. The van der Waals surface area contributed by atoms with Crippen LogP contribution in [0.15, 0.2) is 0 Å². The minimum Gasteiger partial charge on any atom is -0.328 e. The predicted octanol–water partition coefficient (Wildman–Crippen LogP) is 3.72. The highest BCUT2D eigenvalue weighted by Gasteiger charge is 2.49. The Balaban J connectivity index is 2.94. The van der Waals surface area contributed by atoms with Gasteiger partial charge in [0.1, 0.15) is 0 Å². The Morgan fingerprint density at radius 2 is 1.40 bits per heavy atom. The van der Waals surface area contributed by atoms with Crippen molar-refractivity contribution in [2.45, 2.75) is 59.9 Å². The first-order chi connectivity index (χ1) is 9.46. The summed E-state index contributed by atoms with van der Waals surface area (Å²) >= 11 is 0. The van der Waals surface area contributed by atoms with Crippen LogP contribution in [0.1, 0.15) is 53.9 Å². The first kappa shape index (κ1) is 17.4. The van der Waals surface area contributed by atoms with Gasteiger partial charge in [-0.3, -0.25) is 0 Å². The van der Waals surface area contributed by atoms with Gasteiger partial charge < -0.3 is 14.2 Å². The summed E-state index contributed by atoms with van der Waals surface area (Å²) in [5, 5.41) is 9.70. The second-order valence-corrected chi connectivity index (χ2v) is 5.91. The molecule has 4 heteroatoms. The summed E-state index contributed by atoms with van der Waals surface area (Å²) < 4.78 is 17.3. The lowest BCUT2D eigenvalue weighted by Gasteiger charge is -2.37. The molecule has 2 unspecified atom stereocenters. The van der Waals surface area contributed by atoms with Crippen LogP contribution in [0.2, 0.25) is 0 Å². The molecule has 0 aromatic heterocycles. The summed E-state index contributed by atoms with van der Waals surface area (Å²) in [5.74, 6) is 0.0343. The molecule has 0 aromatic carbocycles. The number of hydrogen-bond acceptors (Lipinski definition) is 4. The average Bonchev–Trinajstić information content (AvgIpc) is 2.66. The van der Waals surface area contributed by atoms with E-state index in [2.05, 4.69) is 19.9 Å². The maximum Gasteiger partial charge on any atom is 0.284 e. The summed E-state index contributed by atoms with van der Waals surface area (Å²) in [6.07, 6.45) is 2.26. The van der Waals surface area contributed by atoms with Crippen LogP contribution in [0.5, 0.6) is 0 Å². The molecule has 20 heavy (non-hydrogen) atoms. The number of nitrogens with zero attached hydrogens (tertiary/aromatic N) is 1. The smallest absolute Gasteiger partial charge is 0.284 e. The molecule has 0 amide bonds. The Morgan fingerprint density at radius 1 is 1.00 bits per heavy atom. The topological polar surface area (TPSA) is 51.5 Å². The van der Waals surface area contributed by atoms with E-state index in [1.54, 1.807) is 0 Å². The Morgan fingerprint density at radius 3 is 1.70 bits per heavy atom. The Labute approximate surface area is 123 Å². The fourth-order valence-electron chi connectivity index (χ4n) is 3.35. The van der Waals surface area contributed by atoms with E-state index < -0.39 is 11.4 Å². The molecule has 0 radical (unpaired) electrons. The van der Waals surface area contributed by atoms with Crippen LogP contribution in [0.4, 0.5) is 0 Å². The molecule has 1 saturated carbocycles. The van der Waals surface area contributed by atoms with Crippen molar-refractivity contribution < 1.29 is 14.2 Å². The maximum absolute atomic E-state index is 9.70. The third-order valence-corrected chi connectivity index (χ3v) is 4.28. The summed E-state index contributed by atoms with van der Waals surface area (Å²) in [6.45, 7) is 11.7. The van der Waals surface area contributed by atoms with E-state index >= 15 is 0 Å². The van der Waals surface area contributed by atoms with E-state index in [0.717, 1.165) is 12.8 Å². The number of hydrogen-bond donors (Lipinski definition) is 0. The van der Waals surface area contributed by atoms with Crippen molar-refractivity contribution in [1.82, 2.24) is 0 Å². The quantitative estimate of drug-likeness (QED) is 0.637. The highest BCUT2D eigenvalue weighted by Crippen LogP contribution is 2.50. The fraction of sp³-hybridized carbons (Fsp3) is 0.938. The van der Waals surface area contributed by atoms with Crippen molar-refractivity contribution in [2.24, 2.45) is 17.3 Å². The molecule has 0 aliphatic heterocycles. The van der Waals surface area contributed by atoms with Gasteiger partial charge in [0.05, 0.1) is 11.5 Å². The van der Waals surface area contributed by atoms with E-state index in [9.17, 15) is 5.26 Å². The minimum absolute atomic E-state index is 0.404. The van der Waals surface area contributed by atoms with Crippen LogP contribution in [0.3, 0.4) is 0 Å². The monoisotopic (exact) mass is 283 g/mol. The zero-order valence-electron chi connectivity index (χ0n) is 13.6. The van der Waals surface area contributed by atoms with Crippen molar-refractivity contribution in [2.75, 3.05) is 19.8 Å². The zero-order chi connectivity index (χ0) is 15.2. The Bertz CT molecular complexity index is 310. The predicted molar refractivity (Wildman–Crippen MR) is 77.8 cm³/mol. The van der Waals surface area contributed by atoms with Gasteiger partial charge in [-0.15, -0.1) is 0 Å². The van der Waals surface area contributed by atoms with Gasteiger partial charge in [0.2, 0.25) is 0 Å². The SMILES string of the molecule is CCOC(CC1(C#N)CC(C)C(C)C1)(OCC)OCC. The lowest BCUT2D eigenvalue weighted by Crippen LogP contribution is -2.44. The van der Waals surface area contributed by atoms with Gasteiger partial charge in [-0.1, -0.05) is 13.8 Å². The maximum atomic E-state index is 9.70. The molecule has 1 aliphatic carbocycles. The van der Waals surface area contributed by atoms with Gasteiger partial charge >= 0.3 is 0 Å².